The van der Waals surface area contributed by atoms with Crippen LogP contribution in [0.2, 0.25) is 0 Å². The number of urea groups is 1. The lowest BCUT2D eigenvalue weighted by molar-refractivity contribution is -0.678. The van der Waals surface area contributed by atoms with Gasteiger partial charge in [0.1, 0.15) is 19.0 Å². The fraction of sp³-hybridized carbons (Fsp3) is 0.333. The van der Waals surface area contributed by atoms with Crippen LogP contribution in [0.25, 0.3) is 0 Å². The van der Waals surface area contributed by atoms with Gasteiger partial charge in [0.15, 0.2) is 11.3 Å². The van der Waals surface area contributed by atoms with Crippen LogP contribution in [0.3, 0.4) is 0 Å². The smallest absolute Gasteiger partial charge is 0.332 e. The molecule has 0 aliphatic carbocycles. The van der Waals surface area contributed by atoms with E-state index >= 15 is 0 Å². The highest BCUT2D eigenvalue weighted by atomic mass is 35.5. The maximum absolute atomic E-state index is 12.1. The van der Waals surface area contributed by atoms with Gasteiger partial charge in [0, 0.05) is 27.1 Å². The van der Waals surface area contributed by atoms with Crippen molar-refractivity contribution in [3.05, 3.63) is 23.0 Å². The molecule has 0 bridgehead atoms. The first kappa shape index (κ1) is 18.7. The highest BCUT2D eigenvalue weighted by Gasteiger charge is 2.26. The van der Waals surface area contributed by atoms with Crippen LogP contribution in [0.15, 0.2) is 11.2 Å². The Bertz CT molecular complexity index is 587. The Hall–Kier alpha value is -2.35. The molecule has 116 valence electrons. The minimum atomic E-state index is -0.818. The molecule has 21 heavy (non-hydrogen) atoms. The van der Waals surface area contributed by atoms with Crippen molar-refractivity contribution < 1.29 is 31.7 Å². The third kappa shape index (κ3) is 4.32. The van der Waals surface area contributed by atoms with Crippen LogP contribution in [0.1, 0.15) is 21.7 Å². The zero-order chi connectivity index (χ0) is 15.4. The molecule has 0 unspecified atom stereocenters. The molecule has 1 rings (SSSR count). The van der Waals surface area contributed by atoms with Gasteiger partial charge in [0.25, 0.3) is 5.91 Å². The molecule has 8 nitrogen and oxygen atoms in total. The zero-order valence-corrected chi connectivity index (χ0v) is 13.0. The topological polar surface area (TPSA) is 112 Å². The fourth-order valence-corrected chi connectivity index (χ4v) is 1.61. The Morgan fingerprint density at radius 3 is 2.52 bits per heavy atom. The van der Waals surface area contributed by atoms with Crippen LogP contribution in [0, 0.1) is 6.92 Å². The average molecular weight is 316 g/mol. The van der Waals surface area contributed by atoms with Gasteiger partial charge in [-0.05, 0) is 0 Å². The van der Waals surface area contributed by atoms with Crippen molar-refractivity contribution in [2.75, 3.05) is 14.1 Å². The number of aromatic hydroxyl groups is 1. The zero-order valence-electron chi connectivity index (χ0n) is 12.2. The number of amides is 3. The van der Waals surface area contributed by atoms with E-state index in [9.17, 15) is 14.7 Å². The molecule has 3 amide bonds. The summed E-state index contributed by atoms with van der Waals surface area (Å²) in [5.41, 5.74) is 8.12. The highest BCUT2D eigenvalue weighted by molar-refractivity contribution is 6.02. The number of primary amides is 1. The van der Waals surface area contributed by atoms with E-state index in [4.69, 9.17) is 5.73 Å². The summed E-state index contributed by atoms with van der Waals surface area (Å²) in [5.74, 6) is -0.529. The summed E-state index contributed by atoms with van der Waals surface area (Å²) in [6, 6.07) is 0.663. The second kappa shape index (κ2) is 7.44. The quantitative estimate of drug-likeness (QED) is 0.302. The van der Waals surface area contributed by atoms with Crippen LogP contribution in [0.4, 0.5) is 4.79 Å². The summed E-state index contributed by atoms with van der Waals surface area (Å²) in [4.78, 5) is 24.1. The molecule has 0 aliphatic rings. The number of rotatable bonds is 3. The van der Waals surface area contributed by atoms with E-state index in [2.05, 4.69) is 5.10 Å². The molecule has 0 atom stereocenters. The van der Waals surface area contributed by atoms with Crippen LogP contribution >= 0.6 is 0 Å². The molecule has 1 heterocycles. The van der Waals surface area contributed by atoms with Crippen LogP contribution in [-0.2, 0) is 7.05 Å². The molecule has 0 saturated heterocycles. The van der Waals surface area contributed by atoms with E-state index in [1.165, 1.54) is 17.2 Å². The van der Waals surface area contributed by atoms with E-state index in [-0.39, 0.29) is 29.6 Å². The molecular weight excluding hydrogens is 298 g/mol. The van der Waals surface area contributed by atoms with Gasteiger partial charge in [-0.1, -0.05) is 0 Å². The number of nitrogens with zero attached hydrogens (tertiary/aromatic N) is 3. The van der Waals surface area contributed by atoms with Gasteiger partial charge in [0.2, 0.25) is 5.69 Å². The number of pyridine rings is 1. The van der Waals surface area contributed by atoms with E-state index in [0.717, 1.165) is 5.69 Å². The SMILES string of the molecule is Cc1cc(O)c(C(=O)N(C)C)c(C=NNC(N)=O)[n+]1C.[Cl-]. The monoisotopic (exact) mass is 315 g/mol. The number of nitrogens with one attached hydrogen (secondary N) is 1. The summed E-state index contributed by atoms with van der Waals surface area (Å²) in [6.07, 6.45) is 1.26. The number of carbonyl (C=O) groups excluding carboxylic acids is 2. The summed E-state index contributed by atoms with van der Waals surface area (Å²) in [6.45, 7) is 1.77. The first-order chi connectivity index (χ1) is 9.25. The lowest BCUT2D eigenvalue weighted by atomic mass is 10.1. The molecule has 4 N–H and O–H groups in total. The number of halogens is 1. The summed E-state index contributed by atoms with van der Waals surface area (Å²) < 4.78 is 1.67. The standard InChI is InChI=1S/C12H17N5O3.ClH/c1-7-5-9(18)10(11(19)16(2)3)8(17(7)4)6-14-15-12(13)20;/h5-6H,1-4H3,(H3,13,15,18,19,20);1H. The van der Waals surface area contributed by atoms with Gasteiger partial charge in [-0.15, -0.1) is 0 Å². The lowest BCUT2D eigenvalue weighted by Crippen LogP contribution is -3.00. The molecule has 0 fully saturated rings. The van der Waals surface area contributed by atoms with Gasteiger partial charge >= 0.3 is 6.03 Å². The van der Waals surface area contributed by atoms with E-state index in [1.807, 2.05) is 5.43 Å². The molecule has 0 spiro atoms. The maximum atomic E-state index is 12.1. The Balaban J connectivity index is 0.00000400. The van der Waals surface area contributed by atoms with Crippen LogP contribution in [-0.4, -0.2) is 42.3 Å². The van der Waals surface area contributed by atoms with Crippen molar-refractivity contribution in [2.45, 2.75) is 6.92 Å². The minimum absolute atomic E-state index is 0. The first-order valence-electron chi connectivity index (χ1n) is 5.78. The highest BCUT2D eigenvalue weighted by Crippen LogP contribution is 2.20. The predicted molar refractivity (Wildman–Crippen MR) is 72.4 cm³/mol. The van der Waals surface area contributed by atoms with Gasteiger partial charge in [-0.25, -0.2) is 10.2 Å². The number of carbonyl (C=O) groups is 2. The Kier molecular flexibility index (Phi) is 6.60. The van der Waals surface area contributed by atoms with E-state index < -0.39 is 6.03 Å². The molecule has 9 heteroatoms. The number of hydrazone groups is 1. The summed E-state index contributed by atoms with van der Waals surface area (Å²) in [5, 5.41) is 13.6. The molecule has 1 aromatic rings. The van der Waals surface area contributed by atoms with Crippen LogP contribution < -0.4 is 28.1 Å². The first-order valence-corrected chi connectivity index (χ1v) is 5.78. The number of aryl methyl sites for hydroxylation is 1. The molecule has 0 radical (unpaired) electrons. The van der Waals surface area contributed by atoms with Crippen molar-refractivity contribution in [3.63, 3.8) is 0 Å². The third-order valence-corrected chi connectivity index (χ3v) is 2.73. The summed E-state index contributed by atoms with van der Waals surface area (Å²) >= 11 is 0. The number of nitrogens with two attached hydrogens (primary N) is 1. The number of aromatic nitrogens is 1. The van der Waals surface area contributed by atoms with Gasteiger partial charge < -0.3 is 28.1 Å². The Labute approximate surface area is 128 Å². The maximum Gasteiger partial charge on any atom is 0.332 e. The largest absolute Gasteiger partial charge is 1.00 e. The van der Waals surface area contributed by atoms with Crippen molar-refractivity contribution in [1.29, 1.82) is 0 Å². The number of hydrogen-bond acceptors (Lipinski definition) is 4. The fourth-order valence-electron chi connectivity index (χ4n) is 1.61. The van der Waals surface area contributed by atoms with Crippen molar-refractivity contribution >= 4 is 18.2 Å². The molecule has 0 saturated carbocycles. The van der Waals surface area contributed by atoms with Gasteiger partial charge in [-0.2, -0.15) is 9.67 Å². The predicted octanol–water partition coefficient (Wildman–Crippen LogP) is -3.77. The van der Waals surface area contributed by atoms with Crippen molar-refractivity contribution in [3.8, 4) is 5.75 Å². The van der Waals surface area contributed by atoms with Crippen molar-refractivity contribution in [2.24, 2.45) is 17.9 Å². The average Bonchev–Trinajstić information content (AvgIpc) is 2.34. The number of hydrogen-bond donors (Lipinski definition) is 3. The normalized spacial score (nSPS) is 10.1. The van der Waals surface area contributed by atoms with E-state index in [0.29, 0.717) is 5.69 Å². The van der Waals surface area contributed by atoms with Gasteiger partial charge in [-0.3, -0.25) is 4.79 Å². The lowest BCUT2D eigenvalue weighted by Gasteiger charge is -2.13. The molecular formula is C12H18ClN5O3. The van der Waals surface area contributed by atoms with Crippen molar-refractivity contribution in [1.82, 2.24) is 10.3 Å². The third-order valence-electron chi connectivity index (χ3n) is 2.73. The van der Waals surface area contributed by atoms with Gasteiger partial charge in [0.05, 0.1) is 0 Å². The minimum Gasteiger partial charge on any atom is -1.00 e. The molecule has 0 aliphatic heterocycles. The molecule has 1 aromatic heterocycles. The second-order valence-electron chi connectivity index (χ2n) is 4.42. The summed E-state index contributed by atoms with van der Waals surface area (Å²) in [7, 11) is 4.86. The Morgan fingerprint density at radius 1 is 1.48 bits per heavy atom. The Morgan fingerprint density at radius 2 is 2.05 bits per heavy atom. The molecule has 0 aromatic carbocycles. The van der Waals surface area contributed by atoms with Crippen LogP contribution in [0.5, 0.6) is 5.75 Å². The van der Waals surface area contributed by atoms with E-state index in [1.54, 1.807) is 32.6 Å². The second-order valence-corrected chi connectivity index (χ2v) is 4.42.